The second-order valence-corrected chi connectivity index (χ2v) is 8.37. The first-order chi connectivity index (χ1) is 12.2. The lowest BCUT2D eigenvalue weighted by atomic mass is 9.78. The molecule has 2 aliphatic rings. The van der Waals surface area contributed by atoms with Crippen molar-refractivity contribution < 1.29 is 4.79 Å². The number of hydrogen-bond acceptors (Lipinski definition) is 4. The summed E-state index contributed by atoms with van der Waals surface area (Å²) in [6, 6.07) is 7.69. The number of benzene rings is 1. The van der Waals surface area contributed by atoms with Crippen LogP contribution in [0.15, 0.2) is 29.6 Å². The Kier molecular flexibility index (Phi) is 7.95. The molecule has 0 atom stereocenters. The predicted octanol–water partition coefficient (Wildman–Crippen LogP) is 4.45. The second-order valence-electron chi connectivity index (χ2n) is 7.11. The molecule has 2 aromatic rings. The summed E-state index contributed by atoms with van der Waals surface area (Å²) in [7, 11) is 0. The summed E-state index contributed by atoms with van der Waals surface area (Å²) in [6.07, 6.45) is 3.87. The molecule has 4 rings (SSSR count). The van der Waals surface area contributed by atoms with E-state index in [1.807, 2.05) is 34.5 Å². The molecule has 2 fully saturated rings. The molecular formula is C19H24Cl3N3OS. The van der Waals surface area contributed by atoms with Crippen LogP contribution in [0.1, 0.15) is 25.0 Å². The molecule has 0 radical (unpaired) electrons. The molecule has 1 aromatic carbocycles. The van der Waals surface area contributed by atoms with Gasteiger partial charge in [-0.2, -0.15) is 0 Å². The van der Waals surface area contributed by atoms with Crippen molar-refractivity contribution in [1.29, 1.82) is 0 Å². The fourth-order valence-corrected chi connectivity index (χ4v) is 5.01. The topological polar surface area (TPSA) is 45.2 Å². The summed E-state index contributed by atoms with van der Waals surface area (Å²) in [5, 5.41) is 7.02. The van der Waals surface area contributed by atoms with E-state index in [0.717, 1.165) is 55.3 Å². The number of nitrogens with one attached hydrogen (secondary N) is 1. The first-order valence-electron chi connectivity index (χ1n) is 8.83. The van der Waals surface area contributed by atoms with Crippen LogP contribution in [-0.4, -0.2) is 42.0 Å². The molecule has 8 heteroatoms. The average molecular weight is 449 g/mol. The van der Waals surface area contributed by atoms with E-state index in [1.54, 1.807) is 11.3 Å². The number of aromatic nitrogens is 1. The Morgan fingerprint density at radius 3 is 2.63 bits per heavy atom. The van der Waals surface area contributed by atoms with Crippen LogP contribution in [0.3, 0.4) is 0 Å². The minimum atomic E-state index is 0. The number of hydrogen-bond donors (Lipinski definition) is 1. The molecule has 2 aliphatic heterocycles. The van der Waals surface area contributed by atoms with Crippen molar-refractivity contribution in [3.63, 3.8) is 0 Å². The van der Waals surface area contributed by atoms with Gasteiger partial charge in [0, 0.05) is 30.6 Å². The van der Waals surface area contributed by atoms with Gasteiger partial charge in [-0.1, -0.05) is 29.8 Å². The van der Waals surface area contributed by atoms with Crippen molar-refractivity contribution in [2.24, 2.45) is 5.41 Å². The van der Waals surface area contributed by atoms with Crippen LogP contribution in [0.4, 0.5) is 0 Å². The minimum Gasteiger partial charge on any atom is -0.342 e. The van der Waals surface area contributed by atoms with E-state index >= 15 is 0 Å². The van der Waals surface area contributed by atoms with E-state index < -0.39 is 0 Å². The number of likely N-dealkylation sites (tertiary alicyclic amines) is 1. The molecule has 1 aromatic heterocycles. The smallest absolute Gasteiger partial charge is 0.228 e. The highest BCUT2D eigenvalue weighted by Gasteiger charge is 2.38. The van der Waals surface area contributed by atoms with Crippen LogP contribution < -0.4 is 5.32 Å². The van der Waals surface area contributed by atoms with Gasteiger partial charge in [0.1, 0.15) is 5.01 Å². The van der Waals surface area contributed by atoms with Crippen LogP contribution >= 0.6 is 47.8 Å². The Bertz CT molecular complexity index is 767. The summed E-state index contributed by atoms with van der Waals surface area (Å²) < 4.78 is 0. The summed E-state index contributed by atoms with van der Waals surface area (Å²) in [6.45, 7) is 3.99. The highest BCUT2D eigenvalue weighted by Crippen LogP contribution is 2.37. The van der Waals surface area contributed by atoms with Crippen molar-refractivity contribution in [2.75, 3.05) is 26.2 Å². The van der Waals surface area contributed by atoms with Gasteiger partial charge in [0.2, 0.25) is 5.91 Å². The zero-order valence-electron chi connectivity index (χ0n) is 14.9. The Morgan fingerprint density at radius 1 is 1.22 bits per heavy atom. The van der Waals surface area contributed by atoms with E-state index in [2.05, 4.69) is 10.3 Å². The van der Waals surface area contributed by atoms with Gasteiger partial charge in [0.05, 0.1) is 17.1 Å². The number of rotatable bonds is 3. The van der Waals surface area contributed by atoms with Crippen LogP contribution in [0, 0.1) is 5.41 Å². The monoisotopic (exact) mass is 447 g/mol. The summed E-state index contributed by atoms with van der Waals surface area (Å²) in [5.41, 5.74) is 2.21. The Morgan fingerprint density at radius 2 is 1.96 bits per heavy atom. The van der Waals surface area contributed by atoms with Gasteiger partial charge in [-0.15, -0.1) is 36.2 Å². The number of nitrogens with zero attached hydrogens (tertiary/aromatic N) is 2. The zero-order valence-corrected chi connectivity index (χ0v) is 18.2. The lowest BCUT2D eigenvalue weighted by molar-refractivity contribution is -0.132. The summed E-state index contributed by atoms with van der Waals surface area (Å²) in [4.78, 5) is 19.3. The summed E-state index contributed by atoms with van der Waals surface area (Å²) in [5.74, 6) is 0.191. The third-order valence-corrected chi connectivity index (χ3v) is 6.75. The molecule has 2 saturated heterocycles. The Labute approximate surface area is 181 Å². The van der Waals surface area contributed by atoms with Gasteiger partial charge in [0.25, 0.3) is 0 Å². The van der Waals surface area contributed by atoms with Crippen LogP contribution in [0.25, 0.3) is 10.6 Å². The molecule has 1 N–H and O–H groups in total. The molecule has 148 valence electrons. The number of carbonyl (C=O) groups is 1. The van der Waals surface area contributed by atoms with Crippen LogP contribution in [0.2, 0.25) is 5.02 Å². The fourth-order valence-electron chi connectivity index (χ4n) is 3.87. The van der Waals surface area contributed by atoms with Crippen molar-refractivity contribution in [1.82, 2.24) is 15.2 Å². The number of carbonyl (C=O) groups excluding carboxylic acids is 1. The third kappa shape index (κ3) is 4.96. The van der Waals surface area contributed by atoms with Gasteiger partial charge in [0.15, 0.2) is 0 Å². The van der Waals surface area contributed by atoms with Gasteiger partial charge in [-0.3, -0.25) is 4.79 Å². The predicted molar refractivity (Wildman–Crippen MR) is 116 cm³/mol. The molecule has 1 amide bonds. The van der Waals surface area contributed by atoms with Gasteiger partial charge in [-0.25, -0.2) is 4.98 Å². The van der Waals surface area contributed by atoms with Crippen LogP contribution in [0.5, 0.6) is 0 Å². The third-order valence-electron chi connectivity index (χ3n) is 5.50. The molecule has 1 spiro atoms. The molecule has 27 heavy (non-hydrogen) atoms. The van der Waals surface area contributed by atoms with E-state index in [1.165, 1.54) is 6.42 Å². The molecular weight excluding hydrogens is 425 g/mol. The zero-order chi connectivity index (χ0) is 17.3. The molecule has 0 saturated carbocycles. The highest BCUT2D eigenvalue weighted by molar-refractivity contribution is 7.13. The maximum Gasteiger partial charge on any atom is 0.228 e. The Hall–Kier alpha value is -0.850. The standard InChI is InChI=1S/C19H22ClN3OS.2ClH/c20-16-4-2-1-3-15(16)18-22-14(12-25-18)11-17(24)23-9-6-19(7-10-23)5-8-21-13-19;;/h1-4,12,21H,5-11,13H2;2*1H. The number of thiazole rings is 1. The molecule has 0 aliphatic carbocycles. The highest BCUT2D eigenvalue weighted by atomic mass is 35.5. The first kappa shape index (κ1) is 22.4. The van der Waals surface area contributed by atoms with Gasteiger partial charge in [-0.05, 0) is 37.3 Å². The SMILES string of the molecule is Cl.Cl.O=C(Cc1csc(-c2ccccc2Cl)n1)N1CCC2(CCNC2)CC1. The van der Waals surface area contributed by atoms with Crippen molar-refractivity contribution in [3.8, 4) is 10.6 Å². The van der Waals surface area contributed by atoms with Gasteiger partial charge >= 0.3 is 0 Å². The largest absolute Gasteiger partial charge is 0.342 e. The van der Waals surface area contributed by atoms with Crippen molar-refractivity contribution >= 4 is 53.7 Å². The van der Waals surface area contributed by atoms with Crippen molar-refractivity contribution in [3.05, 3.63) is 40.4 Å². The Balaban J connectivity index is 0.00000131. The average Bonchev–Trinajstić information content (AvgIpc) is 3.26. The minimum absolute atomic E-state index is 0. The maximum atomic E-state index is 12.6. The number of halogens is 3. The van der Waals surface area contributed by atoms with E-state index in [4.69, 9.17) is 11.6 Å². The molecule has 0 bridgehead atoms. The number of amides is 1. The molecule has 4 nitrogen and oxygen atoms in total. The van der Waals surface area contributed by atoms with Crippen molar-refractivity contribution in [2.45, 2.75) is 25.7 Å². The van der Waals surface area contributed by atoms with Crippen LogP contribution in [-0.2, 0) is 11.2 Å². The second kappa shape index (κ2) is 9.57. The normalized spacial score (nSPS) is 18.0. The quantitative estimate of drug-likeness (QED) is 0.754. The summed E-state index contributed by atoms with van der Waals surface area (Å²) >= 11 is 7.79. The fraction of sp³-hybridized carbons (Fsp3) is 0.474. The lowest BCUT2D eigenvalue weighted by Crippen LogP contribution is -2.44. The molecule has 0 unspecified atom stereocenters. The van der Waals surface area contributed by atoms with Gasteiger partial charge < -0.3 is 10.2 Å². The number of piperidine rings is 1. The molecule has 3 heterocycles. The maximum absolute atomic E-state index is 12.6. The van der Waals surface area contributed by atoms with E-state index in [9.17, 15) is 4.79 Å². The lowest BCUT2D eigenvalue weighted by Gasteiger charge is -2.38. The van der Waals surface area contributed by atoms with E-state index in [0.29, 0.717) is 16.9 Å². The first-order valence-corrected chi connectivity index (χ1v) is 10.1. The van der Waals surface area contributed by atoms with E-state index in [-0.39, 0.29) is 30.7 Å².